The number of aliphatic imine (C=N–C) groups is 1. The number of para-hydroxylation sites is 2. The Morgan fingerprint density at radius 2 is 1.76 bits per heavy atom. The van der Waals surface area contributed by atoms with E-state index in [1.807, 2.05) is 91.9 Å². The molecule has 3 aromatic rings. The van der Waals surface area contributed by atoms with Crippen molar-refractivity contribution in [3.8, 4) is 0 Å². The number of ether oxygens (including phenoxy) is 1. The molecule has 1 heterocycles. The van der Waals surface area contributed by atoms with Gasteiger partial charge in [-0.25, -0.2) is 14.8 Å². The first-order chi connectivity index (χ1) is 16.0. The van der Waals surface area contributed by atoms with E-state index in [0.717, 1.165) is 21.8 Å². The molecule has 0 radical (unpaired) electrons. The number of carbonyl (C=O) groups is 1. The lowest BCUT2D eigenvalue weighted by Gasteiger charge is -2.16. The van der Waals surface area contributed by atoms with Crippen molar-refractivity contribution < 1.29 is 9.53 Å². The summed E-state index contributed by atoms with van der Waals surface area (Å²) in [5.41, 5.74) is 11.0. The molecule has 0 spiro atoms. The largest absolute Gasteiger partial charge is 0.461 e. The van der Waals surface area contributed by atoms with Gasteiger partial charge in [0.05, 0.1) is 29.4 Å². The van der Waals surface area contributed by atoms with Crippen molar-refractivity contribution in [1.29, 1.82) is 0 Å². The zero-order valence-electron chi connectivity index (χ0n) is 18.4. The van der Waals surface area contributed by atoms with Crippen molar-refractivity contribution in [2.75, 3.05) is 17.3 Å². The second kappa shape index (κ2) is 10.2. The average molecular weight is 457 g/mol. The van der Waals surface area contributed by atoms with Crippen LogP contribution in [-0.2, 0) is 9.53 Å². The molecule has 2 N–H and O–H groups in total. The summed E-state index contributed by atoms with van der Waals surface area (Å²) in [6.07, 6.45) is 1.92. The first kappa shape index (κ1) is 22.4. The lowest BCUT2D eigenvalue weighted by molar-refractivity contribution is -0.134. The summed E-state index contributed by atoms with van der Waals surface area (Å²) in [7, 11) is 0. The van der Waals surface area contributed by atoms with Crippen LogP contribution >= 0.6 is 11.8 Å². The maximum absolute atomic E-state index is 12.4. The minimum Gasteiger partial charge on any atom is -0.461 e. The minimum absolute atomic E-state index is 0.273. The number of hydrogen-bond donors (Lipinski definition) is 1. The van der Waals surface area contributed by atoms with Gasteiger partial charge in [0, 0.05) is 5.56 Å². The van der Waals surface area contributed by atoms with Gasteiger partial charge >= 0.3 is 5.97 Å². The molecule has 0 saturated heterocycles. The van der Waals surface area contributed by atoms with Crippen LogP contribution in [0.3, 0.4) is 0 Å². The number of carbonyl (C=O) groups excluding carboxylic acids is 1. The highest BCUT2D eigenvalue weighted by Crippen LogP contribution is 2.36. The number of hydrogen-bond acceptors (Lipinski definition) is 7. The van der Waals surface area contributed by atoms with Gasteiger partial charge in [0.1, 0.15) is 5.03 Å². The number of nitrogens with two attached hydrogens (primary N) is 1. The molecule has 0 fully saturated rings. The summed E-state index contributed by atoms with van der Waals surface area (Å²) in [6.45, 7) is 4.08. The van der Waals surface area contributed by atoms with Crippen LogP contribution in [0.2, 0.25) is 0 Å². The van der Waals surface area contributed by atoms with Crippen LogP contribution in [0.25, 0.3) is 0 Å². The topological polar surface area (TPSA) is 80.3 Å². The van der Waals surface area contributed by atoms with E-state index in [4.69, 9.17) is 15.5 Å². The molecule has 0 saturated carbocycles. The molecule has 1 aliphatic heterocycles. The van der Waals surface area contributed by atoms with Crippen LogP contribution in [-0.4, -0.2) is 23.3 Å². The minimum atomic E-state index is -0.450. The third-order valence-corrected chi connectivity index (χ3v) is 5.78. The molecule has 0 aliphatic carbocycles. The number of esters is 1. The Hall–Kier alpha value is -3.84. The second-order valence-corrected chi connectivity index (χ2v) is 8.29. The van der Waals surface area contributed by atoms with Gasteiger partial charge in [0.25, 0.3) is 0 Å². The summed E-state index contributed by atoms with van der Waals surface area (Å²) >= 11 is 1.25. The third kappa shape index (κ3) is 5.32. The molecule has 0 atom stereocenters. The highest BCUT2D eigenvalue weighted by Gasteiger charge is 2.29. The van der Waals surface area contributed by atoms with E-state index in [1.54, 1.807) is 11.9 Å². The number of anilines is 2. The summed E-state index contributed by atoms with van der Waals surface area (Å²) in [6, 6.07) is 25.2. The summed E-state index contributed by atoms with van der Waals surface area (Å²) < 4.78 is 5.19. The Morgan fingerprint density at radius 1 is 1.06 bits per heavy atom. The molecule has 3 aromatic carbocycles. The van der Waals surface area contributed by atoms with Crippen molar-refractivity contribution in [3.63, 3.8) is 0 Å². The van der Waals surface area contributed by atoms with Crippen molar-refractivity contribution in [2.45, 2.75) is 13.8 Å². The number of hydrazone groups is 1. The van der Waals surface area contributed by atoms with E-state index in [1.165, 1.54) is 11.8 Å². The number of allylic oxidation sites excluding steroid dienone is 1. The maximum atomic E-state index is 12.4. The van der Waals surface area contributed by atoms with E-state index in [9.17, 15) is 4.79 Å². The van der Waals surface area contributed by atoms with Gasteiger partial charge in [-0.05, 0) is 56.0 Å². The Morgan fingerprint density at radius 3 is 2.45 bits per heavy atom. The molecule has 0 aromatic heterocycles. The van der Waals surface area contributed by atoms with Gasteiger partial charge in [-0.3, -0.25) is 0 Å². The van der Waals surface area contributed by atoms with Gasteiger partial charge in [0.2, 0.25) is 5.04 Å². The van der Waals surface area contributed by atoms with Crippen LogP contribution in [0.5, 0.6) is 0 Å². The lowest BCUT2D eigenvalue weighted by atomic mass is 10.1. The van der Waals surface area contributed by atoms with Gasteiger partial charge in [-0.15, -0.1) is 0 Å². The highest BCUT2D eigenvalue weighted by atomic mass is 32.2. The SMILES string of the molecule is CCOC(=O)C1=NN(c2ccc(C)cc2)/C(=C/C(=Nc2ccccc2N)c2ccccc2)S1. The molecule has 166 valence electrons. The molecule has 33 heavy (non-hydrogen) atoms. The van der Waals surface area contributed by atoms with E-state index >= 15 is 0 Å². The number of thioether (sulfide) groups is 1. The standard InChI is InChI=1S/C26H24N4O2S/c1-3-32-26(31)25-29-30(20-15-13-18(2)14-16-20)24(33-25)17-23(19-9-5-4-6-10-19)28-22-12-8-7-11-21(22)27/h4-17H,3,27H2,1-2H3/b24-17-,28-23?. The fraction of sp³-hybridized carbons (Fsp3) is 0.115. The smallest absolute Gasteiger partial charge is 0.365 e. The molecular weight excluding hydrogens is 432 g/mol. The van der Waals surface area contributed by atoms with Crippen molar-refractivity contribution >= 4 is 45.5 Å². The molecule has 0 bridgehead atoms. The predicted molar refractivity (Wildman–Crippen MR) is 137 cm³/mol. The van der Waals surface area contributed by atoms with Gasteiger partial charge in [-0.2, -0.15) is 5.10 Å². The average Bonchev–Trinajstić information content (AvgIpc) is 3.25. The maximum Gasteiger partial charge on any atom is 0.365 e. The van der Waals surface area contributed by atoms with Crippen LogP contribution in [0.15, 0.2) is 100 Å². The molecule has 0 amide bonds. The number of benzene rings is 3. The summed E-state index contributed by atoms with van der Waals surface area (Å²) in [4.78, 5) is 17.3. The number of nitrogens with zero attached hydrogens (tertiary/aromatic N) is 3. The lowest BCUT2D eigenvalue weighted by Crippen LogP contribution is -2.13. The van der Waals surface area contributed by atoms with Crippen LogP contribution in [0, 0.1) is 6.92 Å². The number of aryl methyl sites for hydroxylation is 1. The predicted octanol–water partition coefficient (Wildman–Crippen LogP) is 5.67. The molecular formula is C26H24N4O2S. The van der Waals surface area contributed by atoms with Crippen LogP contribution in [0.1, 0.15) is 18.1 Å². The van der Waals surface area contributed by atoms with Crippen molar-refractivity contribution in [2.24, 2.45) is 10.1 Å². The molecule has 6 nitrogen and oxygen atoms in total. The summed E-state index contributed by atoms with van der Waals surface area (Å²) in [5.74, 6) is -0.450. The number of nitrogen functional groups attached to an aromatic ring is 1. The summed E-state index contributed by atoms with van der Waals surface area (Å²) in [5, 5.41) is 7.30. The zero-order valence-corrected chi connectivity index (χ0v) is 19.3. The molecule has 4 rings (SSSR count). The van der Waals surface area contributed by atoms with Gasteiger partial charge in [0.15, 0.2) is 0 Å². The Bertz CT molecular complexity index is 1230. The van der Waals surface area contributed by atoms with Crippen LogP contribution < -0.4 is 10.7 Å². The van der Waals surface area contributed by atoms with Gasteiger partial charge in [-0.1, -0.05) is 60.2 Å². The Balaban J connectivity index is 1.81. The fourth-order valence-electron chi connectivity index (χ4n) is 3.16. The second-order valence-electron chi connectivity index (χ2n) is 7.28. The molecule has 1 aliphatic rings. The van der Waals surface area contributed by atoms with Crippen LogP contribution in [0.4, 0.5) is 17.1 Å². The Labute approximate surface area is 197 Å². The third-order valence-electron chi connectivity index (χ3n) is 4.84. The monoisotopic (exact) mass is 456 g/mol. The van der Waals surface area contributed by atoms with E-state index in [0.29, 0.717) is 17.1 Å². The molecule has 0 unspecified atom stereocenters. The highest BCUT2D eigenvalue weighted by molar-refractivity contribution is 8.19. The van der Waals surface area contributed by atoms with Crippen molar-refractivity contribution in [3.05, 3.63) is 101 Å². The fourth-order valence-corrected chi connectivity index (χ4v) is 4.03. The Kier molecular flexibility index (Phi) is 6.90. The quantitative estimate of drug-likeness (QED) is 0.294. The van der Waals surface area contributed by atoms with Gasteiger partial charge < -0.3 is 10.5 Å². The van der Waals surface area contributed by atoms with Crippen molar-refractivity contribution in [1.82, 2.24) is 0 Å². The first-order valence-corrected chi connectivity index (χ1v) is 11.4. The van der Waals surface area contributed by atoms with E-state index in [2.05, 4.69) is 5.10 Å². The molecule has 7 heteroatoms. The first-order valence-electron chi connectivity index (χ1n) is 10.6. The number of rotatable bonds is 6. The zero-order chi connectivity index (χ0) is 23.2. The van der Waals surface area contributed by atoms with E-state index in [-0.39, 0.29) is 11.7 Å². The normalized spacial score (nSPS) is 15.0. The van der Waals surface area contributed by atoms with E-state index < -0.39 is 5.97 Å².